The molecule has 5 nitrogen and oxygen atoms in total. The van der Waals surface area contributed by atoms with E-state index in [0.717, 1.165) is 11.4 Å². The van der Waals surface area contributed by atoms with Crippen molar-refractivity contribution in [1.82, 2.24) is 5.01 Å². The molecule has 7 heteroatoms. The molecule has 0 unspecified atom stereocenters. The van der Waals surface area contributed by atoms with Gasteiger partial charge in [0, 0.05) is 10.6 Å². The molecule has 0 radical (unpaired) electrons. The first-order valence-electron chi connectivity index (χ1n) is 8.68. The number of hydrogen-bond donors (Lipinski definition) is 0. The van der Waals surface area contributed by atoms with Gasteiger partial charge in [0.1, 0.15) is 11.5 Å². The van der Waals surface area contributed by atoms with E-state index in [-0.39, 0.29) is 35.5 Å². The van der Waals surface area contributed by atoms with Crippen molar-refractivity contribution < 1.29 is 14.0 Å². The number of hydrogen-bond acceptors (Lipinski definition) is 4. The molecule has 2 amide bonds. The lowest BCUT2D eigenvalue weighted by Crippen LogP contribution is -2.28. The van der Waals surface area contributed by atoms with Gasteiger partial charge in [-0.1, -0.05) is 35.4 Å². The zero-order valence-electron chi connectivity index (χ0n) is 14.0. The molecule has 3 aliphatic rings. The fourth-order valence-electron chi connectivity index (χ4n) is 4.37. The molecule has 27 heavy (non-hydrogen) atoms. The van der Waals surface area contributed by atoms with Gasteiger partial charge in [0.2, 0.25) is 0 Å². The first kappa shape index (κ1) is 16.8. The second kappa shape index (κ2) is 6.08. The highest BCUT2D eigenvalue weighted by Gasteiger charge is 2.59. The maximum atomic E-state index is 12.6. The lowest BCUT2D eigenvalue weighted by molar-refractivity contribution is -0.140. The highest BCUT2D eigenvalue weighted by molar-refractivity contribution is 6.36. The monoisotopic (exact) mass is 400 g/mol. The summed E-state index contributed by atoms with van der Waals surface area (Å²) in [5.41, 5.74) is 0.700. The van der Waals surface area contributed by atoms with Gasteiger partial charge >= 0.3 is 0 Å². The van der Waals surface area contributed by atoms with Crippen LogP contribution in [-0.2, 0) is 9.59 Å². The van der Waals surface area contributed by atoms with Crippen LogP contribution in [0.5, 0.6) is 0 Å². The van der Waals surface area contributed by atoms with E-state index in [1.165, 1.54) is 6.21 Å². The Labute approximate surface area is 165 Å². The van der Waals surface area contributed by atoms with Gasteiger partial charge in [-0.05, 0) is 48.6 Å². The van der Waals surface area contributed by atoms with Gasteiger partial charge in [0.25, 0.3) is 11.8 Å². The molecule has 1 aromatic carbocycles. The minimum atomic E-state index is -0.260. The van der Waals surface area contributed by atoms with E-state index in [1.54, 1.807) is 30.3 Å². The van der Waals surface area contributed by atoms with E-state index in [1.807, 2.05) is 0 Å². The van der Waals surface area contributed by atoms with Gasteiger partial charge in [-0.2, -0.15) is 10.1 Å². The number of imide groups is 1. The molecule has 1 saturated heterocycles. The maximum absolute atomic E-state index is 12.6. The molecule has 1 saturated carbocycles. The van der Waals surface area contributed by atoms with Crippen molar-refractivity contribution >= 4 is 41.2 Å². The van der Waals surface area contributed by atoms with Crippen molar-refractivity contribution in [1.29, 1.82) is 0 Å². The normalized spacial score (nSPS) is 28.7. The number of carbonyl (C=O) groups is 2. The largest absolute Gasteiger partial charge is 0.455 e. The number of carbonyl (C=O) groups excluding carboxylic acids is 2. The van der Waals surface area contributed by atoms with Crippen LogP contribution < -0.4 is 0 Å². The lowest BCUT2D eigenvalue weighted by Gasteiger charge is -2.13. The van der Waals surface area contributed by atoms with E-state index in [0.29, 0.717) is 27.1 Å². The van der Waals surface area contributed by atoms with Crippen LogP contribution in [0, 0.1) is 23.7 Å². The van der Waals surface area contributed by atoms with Gasteiger partial charge in [0.15, 0.2) is 0 Å². The molecule has 5 rings (SSSR count). The van der Waals surface area contributed by atoms with E-state index >= 15 is 0 Å². The number of amides is 2. The summed E-state index contributed by atoms with van der Waals surface area (Å²) in [6, 6.07) is 8.59. The van der Waals surface area contributed by atoms with Gasteiger partial charge in [-0.3, -0.25) is 9.59 Å². The van der Waals surface area contributed by atoms with Crippen molar-refractivity contribution in [2.24, 2.45) is 28.8 Å². The van der Waals surface area contributed by atoms with E-state index in [4.69, 9.17) is 27.6 Å². The maximum Gasteiger partial charge on any atom is 0.254 e. The molecule has 0 N–H and O–H groups in total. The van der Waals surface area contributed by atoms with Crippen LogP contribution >= 0.6 is 23.2 Å². The molecule has 1 aromatic heterocycles. The summed E-state index contributed by atoms with van der Waals surface area (Å²) < 4.78 is 5.73. The number of rotatable bonds is 3. The number of hydrazone groups is 1. The predicted molar refractivity (Wildman–Crippen MR) is 101 cm³/mol. The topological polar surface area (TPSA) is 62.9 Å². The Hall–Kier alpha value is -2.37. The fraction of sp³-hybridized carbons (Fsp3) is 0.250. The average molecular weight is 401 g/mol. The molecule has 2 heterocycles. The van der Waals surface area contributed by atoms with Gasteiger partial charge in [-0.15, -0.1) is 0 Å². The van der Waals surface area contributed by atoms with Crippen LogP contribution in [0.2, 0.25) is 10.0 Å². The Morgan fingerprint density at radius 1 is 1.04 bits per heavy atom. The van der Waals surface area contributed by atoms with E-state index in [2.05, 4.69) is 17.3 Å². The molecule has 2 aromatic rings. The number of halogens is 2. The number of furan rings is 1. The van der Waals surface area contributed by atoms with Crippen LogP contribution in [0.25, 0.3) is 11.3 Å². The summed E-state index contributed by atoms with van der Waals surface area (Å²) in [7, 11) is 0. The third kappa shape index (κ3) is 2.57. The minimum Gasteiger partial charge on any atom is -0.455 e. The quantitative estimate of drug-likeness (QED) is 0.435. The third-order valence-corrected chi connectivity index (χ3v) is 6.12. The van der Waals surface area contributed by atoms with Crippen LogP contribution in [0.15, 0.2) is 52.0 Å². The van der Waals surface area contributed by atoms with Crippen LogP contribution in [0.3, 0.4) is 0 Å². The Balaban J connectivity index is 1.37. The number of nitrogens with zero attached hydrogens (tertiary/aromatic N) is 2. The summed E-state index contributed by atoms with van der Waals surface area (Å²) in [5.74, 6) is 0.356. The van der Waals surface area contributed by atoms with Crippen LogP contribution in [0.1, 0.15) is 12.2 Å². The van der Waals surface area contributed by atoms with Crippen LogP contribution in [-0.4, -0.2) is 23.0 Å². The highest BCUT2D eigenvalue weighted by Crippen LogP contribution is 2.52. The number of fused-ring (bicyclic) bond motifs is 5. The average Bonchev–Trinajstić information content (AvgIpc) is 3.39. The number of allylic oxidation sites excluding steroid dienone is 2. The first-order chi connectivity index (χ1) is 13.0. The second-order valence-corrected chi connectivity index (χ2v) is 7.90. The molecule has 0 spiro atoms. The van der Waals surface area contributed by atoms with E-state index in [9.17, 15) is 9.59 Å². The van der Waals surface area contributed by atoms with Crippen molar-refractivity contribution in [2.45, 2.75) is 6.42 Å². The van der Waals surface area contributed by atoms with Gasteiger partial charge in [-0.25, -0.2) is 0 Å². The van der Waals surface area contributed by atoms with Crippen molar-refractivity contribution in [3.05, 3.63) is 58.3 Å². The smallest absolute Gasteiger partial charge is 0.254 e. The summed E-state index contributed by atoms with van der Waals surface area (Å²) >= 11 is 12.1. The Morgan fingerprint density at radius 3 is 2.41 bits per heavy atom. The Morgan fingerprint density at radius 2 is 1.74 bits per heavy atom. The molecular weight excluding hydrogens is 387 g/mol. The lowest BCUT2D eigenvalue weighted by atomic mass is 9.85. The standard InChI is InChI=1S/C20H14Cl2N2O3/c21-12-3-5-14(15(22)8-12)16-6-4-13(27-16)9-23-24-19(25)17-10-1-2-11(7-10)18(17)20(24)26/h1-6,8-11,17-18H,7H2/b23-9-/t10-,11-,17-,18-/m0/s1. The third-order valence-electron chi connectivity index (χ3n) is 5.57. The van der Waals surface area contributed by atoms with Gasteiger partial charge < -0.3 is 4.42 Å². The SMILES string of the molecule is O=C1[C@@H]2[C@@H](C(=O)N1/N=C\c1ccc(-c3ccc(Cl)cc3Cl)o1)[C@H]1C=C[C@H]2C1. The predicted octanol–water partition coefficient (Wildman–Crippen LogP) is 4.39. The molecular formula is C20H14Cl2N2O3. The molecule has 2 fully saturated rings. The summed E-state index contributed by atoms with van der Waals surface area (Å²) in [6.07, 6.45) is 6.39. The summed E-state index contributed by atoms with van der Waals surface area (Å²) in [5, 5.41) is 6.12. The minimum absolute atomic E-state index is 0.166. The first-order valence-corrected chi connectivity index (χ1v) is 9.44. The summed E-state index contributed by atoms with van der Waals surface area (Å²) in [6.45, 7) is 0. The fourth-order valence-corrected chi connectivity index (χ4v) is 4.87. The highest BCUT2D eigenvalue weighted by atomic mass is 35.5. The van der Waals surface area contributed by atoms with E-state index < -0.39 is 0 Å². The molecule has 136 valence electrons. The van der Waals surface area contributed by atoms with Crippen molar-refractivity contribution in [3.8, 4) is 11.3 Å². The zero-order chi connectivity index (χ0) is 18.7. The summed E-state index contributed by atoms with van der Waals surface area (Å²) in [4.78, 5) is 25.2. The molecule has 2 aliphatic carbocycles. The molecule has 1 aliphatic heterocycles. The van der Waals surface area contributed by atoms with Gasteiger partial charge in [0.05, 0.1) is 23.1 Å². The van der Waals surface area contributed by atoms with Crippen molar-refractivity contribution in [2.75, 3.05) is 0 Å². The molecule has 4 atom stereocenters. The van der Waals surface area contributed by atoms with Crippen molar-refractivity contribution in [3.63, 3.8) is 0 Å². The Kier molecular flexibility index (Phi) is 3.78. The van der Waals surface area contributed by atoms with Crippen LogP contribution in [0.4, 0.5) is 0 Å². The number of benzene rings is 1. The second-order valence-electron chi connectivity index (χ2n) is 7.06. The zero-order valence-corrected chi connectivity index (χ0v) is 15.5. The Bertz CT molecular complexity index is 996. The molecule has 2 bridgehead atoms.